The van der Waals surface area contributed by atoms with E-state index in [1.807, 2.05) is 30.3 Å². The van der Waals surface area contributed by atoms with Crippen molar-refractivity contribution in [3.8, 4) is 17.2 Å². The van der Waals surface area contributed by atoms with Gasteiger partial charge in [-0.05, 0) is 49.2 Å². The van der Waals surface area contributed by atoms with E-state index in [4.69, 9.17) is 14.2 Å². The second-order valence-electron chi connectivity index (χ2n) is 7.44. The number of para-hydroxylation sites is 1. The van der Waals surface area contributed by atoms with E-state index in [0.717, 1.165) is 16.9 Å². The van der Waals surface area contributed by atoms with Crippen LogP contribution in [-0.2, 0) is 6.61 Å². The number of ether oxygens (including phenoxy) is 3. The quantitative estimate of drug-likeness (QED) is 0.462. The van der Waals surface area contributed by atoms with Crippen molar-refractivity contribution in [1.82, 2.24) is 0 Å². The molecule has 0 aromatic heterocycles. The van der Waals surface area contributed by atoms with Crippen molar-refractivity contribution < 1.29 is 19.0 Å². The highest BCUT2D eigenvalue weighted by Crippen LogP contribution is 2.34. The van der Waals surface area contributed by atoms with Gasteiger partial charge in [0, 0.05) is 11.6 Å². The van der Waals surface area contributed by atoms with Gasteiger partial charge in [0.1, 0.15) is 23.9 Å². The number of benzene rings is 3. The zero-order chi connectivity index (χ0) is 21.8. The van der Waals surface area contributed by atoms with Crippen LogP contribution in [0.5, 0.6) is 17.2 Å². The Kier molecular flexibility index (Phi) is 5.89. The summed E-state index contributed by atoms with van der Waals surface area (Å²) in [6, 6.07) is 19.3. The monoisotopic (exact) mass is 412 g/mol. The average molecular weight is 412 g/mol. The van der Waals surface area contributed by atoms with Gasteiger partial charge in [-0.3, -0.25) is 4.79 Å². The van der Waals surface area contributed by atoms with Crippen LogP contribution in [-0.4, -0.2) is 12.9 Å². The third-order valence-corrected chi connectivity index (χ3v) is 5.20. The molecular formula is C27H24O4. The molecule has 0 spiro atoms. The SMILES string of the molecule is COc1ccccc1C=CC=C1Oc2cc(OCc3cc(C)ccc3C)ccc2C1=O. The molecule has 1 aliphatic heterocycles. The van der Waals surface area contributed by atoms with Gasteiger partial charge in [-0.25, -0.2) is 0 Å². The van der Waals surface area contributed by atoms with E-state index in [-0.39, 0.29) is 11.5 Å². The Labute approximate surface area is 182 Å². The number of carbonyl (C=O) groups is 1. The number of aryl methyl sites for hydroxylation is 2. The predicted molar refractivity (Wildman–Crippen MR) is 122 cm³/mol. The second kappa shape index (κ2) is 8.92. The summed E-state index contributed by atoms with van der Waals surface area (Å²) in [5, 5.41) is 0. The molecule has 31 heavy (non-hydrogen) atoms. The fourth-order valence-corrected chi connectivity index (χ4v) is 3.43. The molecule has 0 unspecified atom stereocenters. The summed E-state index contributed by atoms with van der Waals surface area (Å²) in [6.07, 6.45) is 5.34. The Hall–Kier alpha value is -3.79. The van der Waals surface area contributed by atoms with Crippen molar-refractivity contribution in [3.63, 3.8) is 0 Å². The fraction of sp³-hybridized carbons (Fsp3) is 0.148. The molecule has 0 fully saturated rings. The normalized spacial score (nSPS) is 14.0. The Morgan fingerprint density at radius 3 is 2.68 bits per heavy atom. The first-order chi connectivity index (χ1) is 15.0. The number of Topliss-reactive ketones (excluding diaryl/α,β-unsaturated/α-hetero) is 1. The van der Waals surface area contributed by atoms with Crippen LogP contribution in [0.1, 0.15) is 32.6 Å². The smallest absolute Gasteiger partial charge is 0.231 e. The van der Waals surface area contributed by atoms with Gasteiger partial charge >= 0.3 is 0 Å². The molecule has 0 saturated carbocycles. The number of hydrogen-bond acceptors (Lipinski definition) is 4. The molecular weight excluding hydrogens is 388 g/mol. The van der Waals surface area contributed by atoms with Crippen LogP contribution in [0.3, 0.4) is 0 Å². The summed E-state index contributed by atoms with van der Waals surface area (Å²) in [7, 11) is 1.63. The molecule has 0 saturated heterocycles. The molecule has 4 heteroatoms. The fourth-order valence-electron chi connectivity index (χ4n) is 3.43. The lowest BCUT2D eigenvalue weighted by Gasteiger charge is -2.10. The first-order valence-corrected chi connectivity index (χ1v) is 10.1. The van der Waals surface area contributed by atoms with Gasteiger partial charge in [0.15, 0.2) is 5.76 Å². The molecule has 0 radical (unpaired) electrons. The zero-order valence-electron chi connectivity index (χ0n) is 17.8. The second-order valence-corrected chi connectivity index (χ2v) is 7.44. The van der Waals surface area contributed by atoms with Gasteiger partial charge in [-0.2, -0.15) is 0 Å². The molecule has 4 rings (SSSR count). The van der Waals surface area contributed by atoms with E-state index in [1.165, 1.54) is 11.1 Å². The van der Waals surface area contributed by atoms with Gasteiger partial charge in [-0.1, -0.05) is 54.1 Å². The van der Waals surface area contributed by atoms with Crippen molar-refractivity contribution in [3.05, 3.63) is 106 Å². The van der Waals surface area contributed by atoms with E-state index in [0.29, 0.717) is 23.7 Å². The van der Waals surface area contributed by atoms with Crippen LogP contribution in [0.25, 0.3) is 6.08 Å². The van der Waals surface area contributed by atoms with Gasteiger partial charge in [0.05, 0.1) is 12.7 Å². The lowest BCUT2D eigenvalue weighted by molar-refractivity contribution is 0.101. The Morgan fingerprint density at radius 1 is 1.00 bits per heavy atom. The molecule has 0 atom stereocenters. The molecule has 0 N–H and O–H groups in total. The Bertz CT molecular complexity index is 1190. The molecule has 1 aliphatic rings. The molecule has 0 bridgehead atoms. The zero-order valence-corrected chi connectivity index (χ0v) is 17.8. The number of rotatable bonds is 6. The van der Waals surface area contributed by atoms with Crippen LogP contribution >= 0.6 is 0 Å². The van der Waals surface area contributed by atoms with Crippen LogP contribution in [0.4, 0.5) is 0 Å². The third-order valence-electron chi connectivity index (χ3n) is 5.20. The highest BCUT2D eigenvalue weighted by molar-refractivity contribution is 6.12. The van der Waals surface area contributed by atoms with Crippen molar-refractivity contribution >= 4 is 11.9 Å². The largest absolute Gasteiger partial charge is 0.496 e. The van der Waals surface area contributed by atoms with Crippen LogP contribution in [0.15, 0.2) is 78.6 Å². The van der Waals surface area contributed by atoms with Gasteiger partial charge in [-0.15, -0.1) is 0 Å². The summed E-state index contributed by atoms with van der Waals surface area (Å²) < 4.78 is 17.1. The summed E-state index contributed by atoms with van der Waals surface area (Å²) in [5.74, 6) is 2.09. The Balaban J connectivity index is 1.47. The molecule has 1 heterocycles. The maximum atomic E-state index is 12.6. The van der Waals surface area contributed by atoms with Gasteiger partial charge in [0.25, 0.3) is 0 Å². The molecule has 0 aliphatic carbocycles. The summed E-state index contributed by atoms with van der Waals surface area (Å²) in [6.45, 7) is 4.59. The molecule has 3 aromatic rings. The third kappa shape index (κ3) is 4.53. The average Bonchev–Trinajstić information content (AvgIpc) is 3.09. The van der Waals surface area contributed by atoms with Gasteiger partial charge in [0.2, 0.25) is 5.78 Å². The maximum absolute atomic E-state index is 12.6. The Morgan fingerprint density at radius 2 is 1.84 bits per heavy atom. The van der Waals surface area contributed by atoms with E-state index in [2.05, 4.69) is 32.0 Å². The number of allylic oxidation sites excluding steroid dienone is 3. The highest BCUT2D eigenvalue weighted by Gasteiger charge is 2.27. The van der Waals surface area contributed by atoms with E-state index in [1.54, 1.807) is 37.5 Å². The minimum absolute atomic E-state index is 0.138. The van der Waals surface area contributed by atoms with E-state index in [9.17, 15) is 4.79 Å². The summed E-state index contributed by atoms with van der Waals surface area (Å²) in [4.78, 5) is 12.6. The van der Waals surface area contributed by atoms with Crippen molar-refractivity contribution in [1.29, 1.82) is 0 Å². The van der Waals surface area contributed by atoms with Crippen LogP contribution in [0.2, 0.25) is 0 Å². The number of methoxy groups -OCH3 is 1. The summed E-state index contributed by atoms with van der Waals surface area (Å²) in [5.41, 5.74) is 4.98. The number of carbonyl (C=O) groups excluding carboxylic acids is 1. The van der Waals surface area contributed by atoms with Crippen molar-refractivity contribution in [2.75, 3.05) is 7.11 Å². The lowest BCUT2D eigenvalue weighted by atomic mass is 10.1. The van der Waals surface area contributed by atoms with Gasteiger partial charge < -0.3 is 14.2 Å². The highest BCUT2D eigenvalue weighted by atomic mass is 16.5. The van der Waals surface area contributed by atoms with Crippen molar-refractivity contribution in [2.24, 2.45) is 0 Å². The minimum atomic E-state index is -0.138. The topological polar surface area (TPSA) is 44.8 Å². The standard InChI is InChI=1S/C27H24O4/c1-18-11-12-19(2)21(15-18)17-30-22-13-14-23-26(16-22)31-25(27(23)28)10-6-8-20-7-4-5-9-24(20)29-3/h4-16H,17H2,1-3H3. The molecule has 3 aromatic carbocycles. The lowest BCUT2D eigenvalue weighted by Crippen LogP contribution is -1.99. The summed E-state index contributed by atoms with van der Waals surface area (Å²) >= 11 is 0. The molecule has 156 valence electrons. The first kappa shape index (κ1) is 20.5. The van der Waals surface area contributed by atoms with Crippen LogP contribution in [0, 0.1) is 13.8 Å². The predicted octanol–water partition coefficient (Wildman–Crippen LogP) is 6.06. The van der Waals surface area contributed by atoms with Crippen LogP contribution < -0.4 is 14.2 Å². The number of fused-ring (bicyclic) bond motifs is 1. The first-order valence-electron chi connectivity index (χ1n) is 10.1. The van der Waals surface area contributed by atoms with Crippen molar-refractivity contribution in [2.45, 2.75) is 20.5 Å². The van der Waals surface area contributed by atoms with E-state index >= 15 is 0 Å². The molecule has 0 amide bonds. The number of ketones is 1. The van der Waals surface area contributed by atoms with E-state index < -0.39 is 0 Å². The minimum Gasteiger partial charge on any atom is -0.496 e. The molecule has 4 nitrogen and oxygen atoms in total. The number of hydrogen-bond donors (Lipinski definition) is 0. The maximum Gasteiger partial charge on any atom is 0.231 e.